The molecule has 3 fully saturated rings. The molecular weight excluding hydrogens is 232 g/mol. The summed E-state index contributed by atoms with van der Waals surface area (Å²) in [5.41, 5.74) is 0.548. The maximum absolute atomic E-state index is 3.88. The van der Waals surface area contributed by atoms with Crippen LogP contribution in [-0.2, 0) is 0 Å². The number of nitrogens with one attached hydrogen (secondary N) is 1. The van der Waals surface area contributed by atoms with Gasteiger partial charge in [-0.05, 0) is 32.1 Å². The van der Waals surface area contributed by atoms with Gasteiger partial charge in [0.1, 0.15) is 0 Å². The number of hydrogen-bond acceptors (Lipinski definition) is 2. The van der Waals surface area contributed by atoms with E-state index in [1.807, 2.05) is 0 Å². The van der Waals surface area contributed by atoms with Crippen LogP contribution in [0.2, 0.25) is 0 Å². The van der Waals surface area contributed by atoms with Crippen molar-refractivity contribution in [3.63, 3.8) is 0 Å². The molecule has 1 unspecified atom stereocenters. The van der Waals surface area contributed by atoms with Gasteiger partial charge in [-0.3, -0.25) is 4.90 Å². The molecule has 0 amide bonds. The van der Waals surface area contributed by atoms with Crippen molar-refractivity contribution in [3.05, 3.63) is 0 Å². The summed E-state index contributed by atoms with van der Waals surface area (Å²) in [7, 11) is 0. The average Bonchev–Trinajstić information content (AvgIpc) is 2.92. The Balaban J connectivity index is 1.72. The Morgan fingerprint density at radius 3 is 2.47 bits per heavy atom. The summed E-state index contributed by atoms with van der Waals surface area (Å²) in [5.74, 6) is 0. The SMILES string of the molecule is CCCC1CN(C2CCCCC2)C2(CCCC2)CN1. The second kappa shape index (κ2) is 6.13. The van der Waals surface area contributed by atoms with Crippen LogP contribution in [-0.4, -0.2) is 35.6 Å². The van der Waals surface area contributed by atoms with Gasteiger partial charge in [0.15, 0.2) is 0 Å². The molecule has 1 atom stereocenters. The average molecular weight is 264 g/mol. The van der Waals surface area contributed by atoms with E-state index in [0.717, 1.165) is 12.1 Å². The van der Waals surface area contributed by atoms with E-state index in [1.54, 1.807) is 0 Å². The minimum atomic E-state index is 0.548. The molecule has 2 heteroatoms. The fraction of sp³-hybridized carbons (Fsp3) is 1.00. The summed E-state index contributed by atoms with van der Waals surface area (Å²) in [6.45, 7) is 4.93. The van der Waals surface area contributed by atoms with Crippen LogP contribution in [0.4, 0.5) is 0 Å². The minimum Gasteiger partial charge on any atom is -0.311 e. The molecule has 0 aromatic rings. The van der Waals surface area contributed by atoms with Crippen molar-refractivity contribution in [3.8, 4) is 0 Å². The molecule has 1 spiro atoms. The van der Waals surface area contributed by atoms with Crippen molar-refractivity contribution in [2.45, 2.75) is 95.2 Å². The maximum atomic E-state index is 3.88. The fourth-order valence-electron chi connectivity index (χ4n) is 4.90. The highest BCUT2D eigenvalue weighted by molar-refractivity contribution is 5.04. The highest BCUT2D eigenvalue weighted by atomic mass is 15.3. The summed E-state index contributed by atoms with van der Waals surface area (Å²) < 4.78 is 0. The van der Waals surface area contributed by atoms with Crippen molar-refractivity contribution >= 4 is 0 Å². The first-order chi connectivity index (χ1) is 9.34. The van der Waals surface area contributed by atoms with Crippen molar-refractivity contribution in [2.24, 2.45) is 0 Å². The number of nitrogens with zero attached hydrogens (tertiary/aromatic N) is 1. The molecule has 0 bridgehead atoms. The smallest absolute Gasteiger partial charge is 0.0337 e. The van der Waals surface area contributed by atoms with Crippen molar-refractivity contribution in [1.29, 1.82) is 0 Å². The van der Waals surface area contributed by atoms with Crippen LogP contribution in [0.25, 0.3) is 0 Å². The van der Waals surface area contributed by atoms with Gasteiger partial charge in [0.2, 0.25) is 0 Å². The van der Waals surface area contributed by atoms with E-state index in [0.29, 0.717) is 5.54 Å². The molecule has 2 nitrogen and oxygen atoms in total. The minimum absolute atomic E-state index is 0.548. The summed E-state index contributed by atoms with van der Waals surface area (Å²) in [5, 5.41) is 3.88. The molecule has 3 rings (SSSR count). The zero-order chi connectivity index (χ0) is 13.1. The van der Waals surface area contributed by atoms with Crippen LogP contribution < -0.4 is 5.32 Å². The first kappa shape index (κ1) is 13.9. The number of piperazine rings is 1. The number of hydrogen-bond donors (Lipinski definition) is 1. The van der Waals surface area contributed by atoms with Crippen molar-refractivity contribution < 1.29 is 0 Å². The summed E-state index contributed by atoms with van der Waals surface area (Å²) >= 11 is 0. The lowest BCUT2D eigenvalue weighted by molar-refractivity contribution is -0.00908. The van der Waals surface area contributed by atoms with Crippen LogP contribution in [0.15, 0.2) is 0 Å². The third-order valence-electron chi connectivity index (χ3n) is 5.93. The van der Waals surface area contributed by atoms with E-state index < -0.39 is 0 Å². The highest BCUT2D eigenvalue weighted by Gasteiger charge is 2.45. The van der Waals surface area contributed by atoms with Crippen LogP contribution in [0, 0.1) is 0 Å². The topological polar surface area (TPSA) is 15.3 Å². The zero-order valence-electron chi connectivity index (χ0n) is 12.8. The van der Waals surface area contributed by atoms with Gasteiger partial charge in [-0.1, -0.05) is 45.4 Å². The third-order valence-corrected chi connectivity index (χ3v) is 5.93. The Morgan fingerprint density at radius 1 is 1.05 bits per heavy atom. The molecule has 0 aromatic heterocycles. The van der Waals surface area contributed by atoms with Crippen molar-refractivity contribution in [2.75, 3.05) is 13.1 Å². The van der Waals surface area contributed by atoms with E-state index in [4.69, 9.17) is 0 Å². The highest BCUT2D eigenvalue weighted by Crippen LogP contribution is 2.40. The molecule has 110 valence electrons. The standard InChI is InChI=1S/C17H32N2/c1-2-8-15-13-19(16-9-4-3-5-10-16)17(14-18-15)11-6-7-12-17/h15-16,18H,2-14H2,1H3. The molecule has 0 radical (unpaired) electrons. The first-order valence-electron chi connectivity index (χ1n) is 8.84. The van der Waals surface area contributed by atoms with Gasteiger partial charge >= 0.3 is 0 Å². The fourth-order valence-corrected chi connectivity index (χ4v) is 4.90. The molecule has 1 saturated heterocycles. The predicted molar refractivity (Wildman–Crippen MR) is 81.5 cm³/mol. The van der Waals surface area contributed by atoms with Gasteiger partial charge in [0.05, 0.1) is 0 Å². The van der Waals surface area contributed by atoms with Gasteiger partial charge in [-0.25, -0.2) is 0 Å². The first-order valence-corrected chi connectivity index (χ1v) is 8.84. The molecule has 0 aromatic carbocycles. The zero-order valence-corrected chi connectivity index (χ0v) is 12.8. The van der Waals surface area contributed by atoms with E-state index in [9.17, 15) is 0 Å². The Kier molecular flexibility index (Phi) is 4.48. The lowest BCUT2D eigenvalue weighted by Crippen LogP contribution is -2.66. The molecule has 1 aliphatic heterocycles. The van der Waals surface area contributed by atoms with Crippen LogP contribution in [0.1, 0.15) is 77.6 Å². The maximum Gasteiger partial charge on any atom is 0.0337 e. The van der Waals surface area contributed by atoms with E-state index in [-0.39, 0.29) is 0 Å². The molecule has 2 saturated carbocycles. The third kappa shape index (κ3) is 2.85. The van der Waals surface area contributed by atoms with Crippen LogP contribution in [0.3, 0.4) is 0 Å². The monoisotopic (exact) mass is 264 g/mol. The van der Waals surface area contributed by atoms with Crippen molar-refractivity contribution in [1.82, 2.24) is 10.2 Å². The van der Waals surface area contributed by atoms with Gasteiger partial charge in [0, 0.05) is 30.7 Å². The Hall–Kier alpha value is -0.0800. The van der Waals surface area contributed by atoms with Crippen LogP contribution >= 0.6 is 0 Å². The van der Waals surface area contributed by atoms with E-state index >= 15 is 0 Å². The van der Waals surface area contributed by atoms with Gasteiger partial charge in [-0.15, -0.1) is 0 Å². The summed E-state index contributed by atoms with van der Waals surface area (Å²) in [6.07, 6.45) is 15.9. The summed E-state index contributed by atoms with van der Waals surface area (Å²) in [6, 6.07) is 1.67. The molecule has 1 heterocycles. The van der Waals surface area contributed by atoms with Gasteiger partial charge in [0.25, 0.3) is 0 Å². The normalized spacial score (nSPS) is 33.0. The predicted octanol–water partition coefficient (Wildman–Crippen LogP) is 3.71. The number of rotatable bonds is 3. The van der Waals surface area contributed by atoms with E-state index in [1.165, 1.54) is 83.7 Å². The molecule has 1 N–H and O–H groups in total. The Labute approximate surface area is 119 Å². The Bertz CT molecular complexity index is 277. The van der Waals surface area contributed by atoms with Gasteiger partial charge < -0.3 is 5.32 Å². The molecule has 3 aliphatic rings. The lowest BCUT2D eigenvalue weighted by atomic mass is 9.84. The lowest BCUT2D eigenvalue weighted by Gasteiger charge is -2.53. The second-order valence-electron chi connectivity index (χ2n) is 7.24. The van der Waals surface area contributed by atoms with E-state index in [2.05, 4.69) is 17.1 Å². The Morgan fingerprint density at radius 2 is 1.79 bits per heavy atom. The summed E-state index contributed by atoms with van der Waals surface area (Å²) in [4.78, 5) is 3.00. The van der Waals surface area contributed by atoms with Crippen LogP contribution in [0.5, 0.6) is 0 Å². The molecular formula is C17H32N2. The quantitative estimate of drug-likeness (QED) is 0.836. The molecule has 2 aliphatic carbocycles. The van der Waals surface area contributed by atoms with Gasteiger partial charge in [-0.2, -0.15) is 0 Å². The largest absolute Gasteiger partial charge is 0.311 e. The molecule has 19 heavy (non-hydrogen) atoms. The second-order valence-corrected chi connectivity index (χ2v) is 7.24.